The summed E-state index contributed by atoms with van der Waals surface area (Å²) in [5.74, 6) is 0. The summed E-state index contributed by atoms with van der Waals surface area (Å²) in [6.45, 7) is 0. The summed E-state index contributed by atoms with van der Waals surface area (Å²) in [4.78, 5) is 11.6. The topological polar surface area (TPSA) is 41.6 Å². The van der Waals surface area contributed by atoms with Crippen molar-refractivity contribution in [2.24, 2.45) is 0 Å². The first-order valence-electron chi connectivity index (χ1n) is 4.22. The number of aromatic amines is 1. The van der Waals surface area contributed by atoms with Gasteiger partial charge >= 0.3 is 0 Å². The molecule has 0 aliphatic carbocycles. The van der Waals surface area contributed by atoms with Gasteiger partial charge in [0.15, 0.2) is 0 Å². The lowest BCUT2D eigenvalue weighted by atomic mass is 10.2. The molecule has 3 aromatic rings. The highest BCUT2D eigenvalue weighted by Gasteiger charge is 2.03. The van der Waals surface area contributed by atoms with Gasteiger partial charge in [-0.25, -0.2) is 4.98 Å². The number of benzene rings is 1. The van der Waals surface area contributed by atoms with Crippen molar-refractivity contribution in [3.63, 3.8) is 0 Å². The van der Waals surface area contributed by atoms with Crippen LogP contribution in [0.4, 0.5) is 0 Å². The number of H-pyrrole nitrogens is 1. The molecule has 1 N–H and O–H groups in total. The smallest absolute Gasteiger partial charge is 0.0992 e. The summed E-state index contributed by atoms with van der Waals surface area (Å²) in [5.41, 5.74) is 2.90. The SMILES string of the molecule is Brc1ccc2c(c1)ncc1[nH]cnc12. The molecule has 0 radical (unpaired) electrons. The monoisotopic (exact) mass is 247 g/mol. The summed E-state index contributed by atoms with van der Waals surface area (Å²) >= 11 is 3.42. The molecule has 1 aromatic carbocycles. The van der Waals surface area contributed by atoms with Crippen LogP contribution in [0.1, 0.15) is 0 Å². The van der Waals surface area contributed by atoms with Crippen molar-refractivity contribution in [2.45, 2.75) is 0 Å². The van der Waals surface area contributed by atoms with Crippen molar-refractivity contribution < 1.29 is 0 Å². The maximum Gasteiger partial charge on any atom is 0.0992 e. The Kier molecular flexibility index (Phi) is 1.58. The summed E-state index contributed by atoms with van der Waals surface area (Å²) in [6, 6.07) is 6.01. The first-order valence-corrected chi connectivity index (χ1v) is 5.01. The third-order valence-electron chi connectivity index (χ3n) is 2.22. The van der Waals surface area contributed by atoms with Gasteiger partial charge in [-0.15, -0.1) is 0 Å². The van der Waals surface area contributed by atoms with Gasteiger partial charge < -0.3 is 4.98 Å². The molecule has 4 heteroatoms. The maximum atomic E-state index is 4.34. The van der Waals surface area contributed by atoms with Gasteiger partial charge in [0.2, 0.25) is 0 Å². The summed E-state index contributed by atoms with van der Waals surface area (Å²) in [6.07, 6.45) is 3.49. The average Bonchev–Trinajstić information content (AvgIpc) is 2.65. The molecule has 68 valence electrons. The molecule has 2 heterocycles. The summed E-state index contributed by atoms with van der Waals surface area (Å²) in [7, 11) is 0. The number of nitrogens with one attached hydrogen (secondary N) is 1. The van der Waals surface area contributed by atoms with Crippen LogP contribution in [-0.2, 0) is 0 Å². The maximum absolute atomic E-state index is 4.34. The Bertz CT molecular complexity index is 615. The highest BCUT2D eigenvalue weighted by molar-refractivity contribution is 9.10. The van der Waals surface area contributed by atoms with E-state index >= 15 is 0 Å². The predicted octanol–water partition coefficient (Wildman–Crippen LogP) is 2.87. The zero-order valence-corrected chi connectivity index (χ0v) is 8.75. The standard InChI is InChI=1S/C10H6BrN3/c11-6-1-2-7-8(3-6)12-4-9-10(7)14-5-13-9/h1-5H,(H,13,14). The molecular formula is C10H6BrN3. The molecule has 3 nitrogen and oxygen atoms in total. The van der Waals surface area contributed by atoms with Crippen LogP contribution in [0.5, 0.6) is 0 Å². The van der Waals surface area contributed by atoms with Crippen molar-refractivity contribution in [1.29, 1.82) is 0 Å². The Morgan fingerprint density at radius 2 is 2.14 bits per heavy atom. The minimum absolute atomic E-state index is 0.957. The van der Waals surface area contributed by atoms with Gasteiger partial charge in [-0.1, -0.05) is 15.9 Å². The van der Waals surface area contributed by atoms with E-state index in [1.165, 1.54) is 0 Å². The van der Waals surface area contributed by atoms with Crippen molar-refractivity contribution in [2.75, 3.05) is 0 Å². The molecule has 0 saturated carbocycles. The Hall–Kier alpha value is -1.42. The number of fused-ring (bicyclic) bond motifs is 3. The highest BCUT2D eigenvalue weighted by atomic mass is 79.9. The second-order valence-electron chi connectivity index (χ2n) is 3.08. The van der Waals surface area contributed by atoms with Gasteiger partial charge in [0, 0.05) is 9.86 Å². The van der Waals surface area contributed by atoms with Crippen molar-refractivity contribution >= 4 is 37.9 Å². The average molecular weight is 248 g/mol. The van der Waals surface area contributed by atoms with Crippen LogP contribution < -0.4 is 0 Å². The lowest BCUT2D eigenvalue weighted by Crippen LogP contribution is -1.80. The Labute approximate surface area is 88.3 Å². The van der Waals surface area contributed by atoms with E-state index in [1.807, 2.05) is 18.2 Å². The van der Waals surface area contributed by atoms with E-state index in [1.54, 1.807) is 12.5 Å². The van der Waals surface area contributed by atoms with E-state index in [0.29, 0.717) is 0 Å². The second-order valence-corrected chi connectivity index (χ2v) is 4.00. The molecule has 3 rings (SSSR count). The number of rotatable bonds is 0. The van der Waals surface area contributed by atoms with Crippen LogP contribution in [-0.4, -0.2) is 15.0 Å². The molecular weight excluding hydrogens is 242 g/mol. The third kappa shape index (κ3) is 1.04. The van der Waals surface area contributed by atoms with Crippen LogP contribution in [0, 0.1) is 0 Å². The predicted molar refractivity (Wildman–Crippen MR) is 59.1 cm³/mol. The molecule has 0 spiro atoms. The number of aromatic nitrogens is 3. The van der Waals surface area contributed by atoms with E-state index < -0.39 is 0 Å². The fraction of sp³-hybridized carbons (Fsp3) is 0. The van der Waals surface area contributed by atoms with E-state index in [-0.39, 0.29) is 0 Å². The first kappa shape index (κ1) is 7.94. The summed E-state index contributed by atoms with van der Waals surface area (Å²) < 4.78 is 1.03. The fourth-order valence-electron chi connectivity index (χ4n) is 1.56. The lowest BCUT2D eigenvalue weighted by Gasteiger charge is -1.97. The van der Waals surface area contributed by atoms with Crippen molar-refractivity contribution in [3.8, 4) is 0 Å². The molecule has 0 amide bonds. The Morgan fingerprint density at radius 3 is 3.07 bits per heavy atom. The Morgan fingerprint density at radius 1 is 1.21 bits per heavy atom. The van der Waals surface area contributed by atoms with E-state index in [0.717, 1.165) is 26.4 Å². The van der Waals surface area contributed by atoms with Gasteiger partial charge in [0.25, 0.3) is 0 Å². The lowest BCUT2D eigenvalue weighted by molar-refractivity contribution is 1.34. The van der Waals surface area contributed by atoms with Crippen LogP contribution >= 0.6 is 15.9 Å². The quantitative estimate of drug-likeness (QED) is 0.664. The number of nitrogens with zero attached hydrogens (tertiary/aromatic N) is 2. The molecule has 0 saturated heterocycles. The van der Waals surface area contributed by atoms with Gasteiger partial charge in [-0.3, -0.25) is 4.98 Å². The molecule has 14 heavy (non-hydrogen) atoms. The number of hydrogen-bond acceptors (Lipinski definition) is 2. The number of imidazole rings is 1. The number of halogens is 1. The second kappa shape index (κ2) is 2.78. The summed E-state index contributed by atoms with van der Waals surface area (Å²) in [5, 5.41) is 1.08. The minimum atomic E-state index is 0.957. The molecule has 0 atom stereocenters. The number of pyridine rings is 1. The fourth-order valence-corrected chi connectivity index (χ4v) is 1.91. The molecule has 0 aliphatic heterocycles. The highest BCUT2D eigenvalue weighted by Crippen LogP contribution is 2.23. The normalized spacial score (nSPS) is 11.2. The van der Waals surface area contributed by atoms with Crippen LogP contribution in [0.2, 0.25) is 0 Å². The van der Waals surface area contributed by atoms with Crippen molar-refractivity contribution in [1.82, 2.24) is 15.0 Å². The van der Waals surface area contributed by atoms with Crippen LogP contribution in [0.25, 0.3) is 21.9 Å². The zero-order valence-electron chi connectivity index (χ0n) is 7.16. The zero-order chi connectivity index (χ0) is 9.54. The third-order valence-corrected chi connectivity index (χ3v) is 2.71. The Balaban J connectivity index is 2.57. The van der Waals surface area contributed by atoms with E-state index in [2.05, 4.69) is 30.9 Å². The molecule has 0 unspecified atom stereocenters. The molecule has 0 fully saturated rings. The van der Waals surface area contributed by atoms with Gasteiger partial charge in [0.1, 0.15) is 0 Å². The first-order chi connectivity index (χ1) is 6.84. The molecule has 2 aromatic heterocycles. The van der Waals surface area contributed by atoms with Gasteiger partial charge in [-0.2, -0.15) is 0 Å². The van der Waals surface area contributed by atoms with Gasteiger partial charge in [-0.05, 0) is 18.2 Å². The van der Waals surface area contributed by atoms with E-state index in [9.17, 15) is 0 Å². The minimum Gasteiger partial charge on any atom is -0.343 e. The van der Waals surface area contributed by atoms with E-state index in [4.69, 9.17) is 0 Å². The number of hydrogen-bond donors (Lipinski definition) is 1. The molecule has 0 aliphatic rings. The van der Waals surface area contributed by atoms with Gasteiger partial charge in [0.05, 0.1) is 29.1 Å². The molecule has 0 bridgehead atoms. The van der Waals surface area contributed by atoms with Crippen LogP contribution in [0.15, 0.2) is 35.2 Å². The van der Waals surface area contributed by atoms with Crippen LogP contribution in [0.3, 0.4) is 0 Å². The van der Waals surface area contributed by atoms with Crippen molar-refractivity contribution in [3.05, 3.63) is 35.2 Å². The largest absolute Gasteiger partial charge is 0.343 e.